The van der Waals surface area contributed by atoms with E-state index in [2.05, 4.69) is 5.16 Å². The smallest absolute Gasteiger partial charge is 0.416 e. The molecule has 0 aliphatic heterocycles. The van der Waals surface area contributed by atoms with E-state index in [4.69, 9.17) is 9.26 Å². The summed E-state index contributed by atoms with van der Waals surface area (Å²) in [6.07, 6.45) is -1.89. The molecule has 0 amide bonds. The van der Waals surface area contributed by atoms with E-state index in [1.165, 1.54) is 36.4 Å². The Labute approximate surface area is 124 Å². The molecule has 2 rings (SSSR count). The summed E-state index contributed by atoms with van der Waals surface area (Å²) in [5, 5.41) is 3.50. The number of aromatic nitrogens is 1. The van der Waals surface area contributed by atoms with E-state index in [9.17, 15) is 18.0 Å². The highest BCUT2D eigenvalue weighted by Gasteiger charge is 2.32. The van der Waals surface area contributed by atoms with Crippen LogP contribution in [0.3, 0.4) is 0 Å². The number of nitrogens with zero attached hydrogens (tertiary/aromatic N) is 1. The van der Waals surface area contributed by atoms with Crippen LogP contribution in [0.25, 0.3) is 12.2 Å². The molecule has 0 atom stereocenters. The second kappa shape index (κ2) is 6.46. The molecule has 1 aromatic heterocycles. The number of hydrogen-bond acceptors (Lipinski definition) is 4. The van der Waals surface area contributed by atoms with Gasteiger partial charge in [0, 0.05) is 6.07 Å². The fourth-order valence-electron chi connectivity index (χ4n) is 1.74. The van der Waals surface area contributed by atoms with Crippen molar-refractivity contribution in [2.45, 2.75) is 13.1 Å². The molecule has 7 heteroatoms. The van der Waals surface area contributed by atoms with Crippen molar-refractivity contribution in [2.24, 2.45) is 0 Å². The molecule has 0 fully saturated rings. The minimum Gasteiger partial charge on any atom is -0.461 e. The first-order valence-corrected chi connectivity index (χ1v) is 6.40. The molecule has 1 aromatic carbocycles. The van der Waals surface area contributed by atoms with E-state index in [0.29, 0.717) is 0 Å². The zero-order valence-electron chi connectivity index (χ0n) is 11.6. The lowest BCUT2D eigenvalue weighted by Gasteiger charge is -2.09. The maximum Gasteiger partial charge on any atom is 0.416 e. The third-order valence-electron chi connectivity index (χ3n) is 2.71. The van der Waals surface area contributed by atoms with E-state index in [-0.39, 0.29) is 23.6 Å². The Morgan fingerprint density at radius 3 is 2.73 bits per heavy atom. The Balaban J connectivity index is 2.21. The van der Waals surface area contributed by atoms with Gasteiger partial charge in [-0.1, -0.05) is 29.4 Å². The lowest BCUT2D eigenvalue weighted by molar-refractivity contribution is -0.137. The van der Waals surface area contributed by atoms with E-state index >= 15 is 0 Å². The molecule has 0 unspecified atom stereocenters. The van der Waals surface area contributed by atoms with E-state index < -0.39 is 17.7 Å². The summed E-state index contributed by atoms with van der Waals surface area (Å²) < 4.78 is 48.1. The van der Waals surface area contributed by atoms with Crippen LogP contribution in [0.2, 0.25) is 0 Å². The van der Waals surface area contributed by atoms with Crippen molar-refractivity contribution in [1.82, 2.24) is 5.16 Å². The first kappa shape index (κ1) is 15.8. The van der Waals surface area contributed by atoms with Gasteiger partial charge in [-0.05, 0) is 24.6 Å². The molecule has 1 heterocycles. The van der Waals surface area contributed by atoms with E-state index in [1.807, 2.05) is 0 Å². The summed E-state index contributed by atoms with van der Waals surface area (Å²) in [5.41, 5.74) is -0.800. The Bertz CT molecular complexity index is 689. The maximum atomic E-state index is 12.8. The van der Waals surface area contributed by atoms with Gasteiger partial charge in [-0.25, -0.2) is 4.79 Å². The number of ether oxygens (including phenoxy) is 1. The second-order valence-corrected chi connectivity index (χ2v) is 4.25. The van der Waals surface area contributed by atoms with Gasteiger partial charge in [0.15, 0.2) is 11.5 Å². The molecule has 0 spiro atoms. The van der Waals surface area contributed by atoms with Crippen LogP contribution in [-0.2, 0) is 10.9 Å². The van der Waals surface area contributed by atoms with Gasteiger partial charge in [-0.3, -0.25) is 0 Å². The molecule has 0 bridgehead atoms. The fourth-order valence-corrected chi connectivity index (χ4v) is 1.74. The lowest BCUT2D eigenvalue weighted by Crippen LogP contribution is -2.06. The molecule has 0 aliphatic carbocycles. The van der Waals surface area contributed by atoms with Crippen molar-refractivity contribution < 1.29 is 27.2 Å². The Morgan fingerprint density at radius 2 is 2.05 bits per heavy atom. The molecule has 22 heavy (non-hydrogen) atoms. The van der Waals surface area contributed by atoms with Gasteiger partial charge < -0.3 is 9.26 Å². The Hall–Kier alpha value is -2.57. The van der Waals surface area contributed by atoms with Gasteiger partial charge in [0.2, 0.25) is 0 Å². The monoisotopic (exact) mass is 311 g/mol. The van der Waals surface area contributed by atoms with Crippen molar-refractivity contribution in [2.75, 3.05) is 6.61 Å². The Morgan fingerprint density at radius 1 is 1.32 bits per heavy atom. The number of carbonyl (C=O) groups excluding carboxylic acids is 1. The number of benzene rings is 1. The quantitative estimate of drug-likeness (QED) is 0.800. The highest BCUT2D eigenvalue weighted by atomic mass is 19.4. The molecule has 0 radical (unpaired) electrons. The first-order chi connectivity index (χ1) is 10.4. The first-order valence-electron chi connectivity index (χ1n) is 6.40. The predicted molar refractivity (Wildman–Crippen MR) is 72.8 cm³/mol. The van der Waals surface area contributed by atoms with E-state index in [0.717, 1.165) is 6.07 Å². The molecular weight excluding hydrogens is 299 g/mol. The third-order valence-corrected chi connectivity index (χ3v) is 2.71. The summed E-state index contributed by atoms with van der Waals surface area (Å²) in [5.74, 6) is -0.498. The molecule has 116 valence electrons. The number of alkyl halides is 3. The maximum absolute atomic E-state index is 12.8. The summed E-state index contributed by atoms with van der Waals surface area (Å²) in [6, 6.07) is 6.43. The second-order valence-electron chi connectivity index (χ2n) is 4.25. The van der Waals surface area contributed by atoms with Gasteiger partial charge in [-0.2, -0.15) is 13.2 Å². The van der Waals surface area contributed by atoms with Gasteiger partial charge in [0.25, 0.3) is 0 Å². The topological polar surface area (TPSA) is 52.3 Å². The average Bonchev–Trinajstić information content (AvgIpc) is 2.94. The average molecular weight is 311 g/mol. The number of hydrogen-bond donors (Lipinski definition) is 0. The predicted octanol–water partition coefficient (Wildman–Crippen LogP) is 4.04. The normalized spacial score (nSPS) is 11.8. The number of carbonyl (C=O) groups is 1. The molecular formula is C15H12F3NO3. The van der Waals surface area contributed by atoms with Crippen LogP contribution in [-0.4, -0.2) is 17.7 Å². The standard InChI is InChI=1S/C15H12F3NO3/c1-2-21-14(20)13-9-11(22-19-13)8-7-10-5-3-4-6-12(10)15(16,17)18/h3-9H,2H2,1H3/b8-7+. The van der Waals surface area contributed by atoms with Gasteiger partial charge >= 0.3 is 12.1 Å². The van der Waals surface area contributed by atoms with Crippen LogP contribution in [0.15, 0.2) is 34.9 Å². The largest absolute Gasteiger partial charge is 0.461 e. The van der Waals surface area contributed by atoms with Crippen LogP contribution in [0.1, 0.15) is 34.3 Å². The van der Waals surface area contributed by atoms with Gasteiger partial charge in [0.1, 0.15) is 0 Å². The SMILES string of the molecule is CCOC(=O)c1cc(/C=C/c2ccccc2C(F)(F)F)on1. The van der Waals surface area contributed by atoms with Crippen LogP contribution in [0.5, 0.6) is 0 Å². The molecule has 0 saturated carbocycles. The van der Waals surface area contributed by atoms with Crippen LogP contribution >= 0.6 is 0 Å². The minimum atomic E-state index is -4.45. The molecule has 0 aliphatic rings. The van der Waals surface area contributed by atoms with Crippen molar-refractivity contribution in [3.05, 3.63) is 52.9 Å². The Kier molecular flexibility index (Phi) is 4.65. The number of halogens is 3. The fraction of sp³-hybridized carbons (Fsp3) is 0.200. The minimum absolute atomic E-state index is 0.0101. The molecule has 2 aromatic rings. The number of esters is 1. The zero-order chi connectivity index (χ0) is 16.2. The van der Waals surface area contributed by atoms with Gasteiger partial charge in [0.05, 0.1) is 12.2 Å². The molecule has 0 saturated heterocycles. The summed E-state index contributed by atoms with van der Waals surface area (Å²) in [6.45, 7) is 1.84. The summed E-state index contributed by atoms with van der Waals surface area (Å²) in [4.78, 5) is 11.4. The van der Waals surface area contributed by atoms with Gasteiger partial charge in [-0.15, -0.1) is 0 Å². The molecule has 0 N–H and O–H groups in total. The lowest BCUT2D eigenvalue weighted by atomic mass is 10.1. The van der Waals surface area contributed by atoms with Crippen molar-refractivity contribution in [1.29, 1.82) is 0 Å². The summed E-state index contributed by atoms with van der Waals surface area (Å²) in [7, 11) is 0. The van der Waals surface area contributed by atoms with Crippen molar-refractivity contribution in [3.63, 3.8) is 0 Å². The highest BCUT2D eigenvalue weighted by molar-refractivity contribution is 5.87. The van der Waals surface area contributed by atoms with Crippen LogP contribution in [0, 0.1) is 0 Å². The number of rotatable bonds is 4. The third kappa shape index (κ3) is 3.75. The highest BCUT2D eigenvalue weighted by Crippen LogP contribution is 2.32. The molecule has 4 nitrogen and oxygen atoms in total. The van der Waals surface area contributed by atoms with Crippen molar-refractivity contribution in [3.8, 4) is 0 Å². The van der Waals surface area contributed by atoms with Crippen molar-refractivity contribution >= 4 is 18.1 Å². The van der Waals surface area contributed by atoms with Crippen LogP contribution < -0.4 is 0 Å². The van der Waals surface area contributed by atoms with E-state index in [1.54, 1.807) is 6.92 Å². The summed E-state index contributed by atoms with van der Waals surface area (Å²) >= 11 is 0. The van der Waals surface area contributed by atoms with Crippen LogP contribution in [0.4, 0.5) is 13.2 Å². The zero-order valence-corrected chi connectivity index (χ0v) is 11.6.